The molecule has 0 atom stereocenters. The number of carbonyl (C=O) groups excluding carboxylic acids is 1. The molecule has 3 aromatic carbocycles. The molecular weight excluding hydrogens is 282 g/mol. The summed E-state index contributed by atoms with van der Waals surface area (Å²) in [5.41, 5.74) is 5.85. The van der Waals surface area contributed by atoms with Crippen LogP contribution in [-0.2, 0) is 0 Å². The SMILES string of the molecule is Cc1ccc(C2=Nc3c(ccc4c(C)cccc34)C(=O)C2)cc1. The van der Waals surface area contributed by atoms with Gasteiger partial charge in [0.25, 0.3) is 0 Å². The summed E-state index contributed by atoms with van der Waals surface area (Å²) in [6.45, 7) is 4.15. The topological polar surface area (TPSA) is 29.4 Å². The van der Waals surface area contributed by atoms with Crippen LogP contribution in [0.4, 0.5) is 5.69 Å². The van der Waals surface area contributed by atoms with Gasteiger partial charge in [0.2, 0.25) is 0 Å². The molecule has 1 aliphatic heterocycles. The molecule has 0 N–H and O–H groups in total. The van der Waals surface area contributed by atoms with Crippen LogP contribution in [0.25, 0.3) is 10.8 Å². The number of Topliss-reactive ketones (excluding diaryl/α,β-unsaturated/α-hetero) is 1. The van der Waals surface area contributed by atoms with Gasteiger partial charge in [-0.25, -0.2) is 0 Å². The third-order valence-electron chi connectivity index (χ3n) is 4.51. The first kappa shape index (κ1) is 13.9. The largest absolute Gasteiger partial charge is 0.294 e. The van der Waals surface area contributed by atoms with Crippen molar-refractivity contribution in [2.45, 2.75) is 20.3 Å². The molecular formula is C21H17NO. The molecule has 1 aliphatic rings. The summed E-state index contributed by atoms with van der Waals surface area (Å²) in [5, 5.41) is 2.22. The Morgan fingerprint density at radius 1 is 0.870 bits per heavy atom. The summed E-state index contributed by atoms with van der Waals surface area (Å²) in [6, 6.07) is 18.3. The van der Waals surface area contributed by atoms with Crippen molar-refractivity contribution in [2.24, 2.45) is 4.99 Å². The van der Waals surface area contributed by atoms with Gasteiger partial charge < -0.3 is 0 Å². The minimum Gasteiger partial charge on any atom is -0.294 e. The Hall–Kier alpha value is -2.74. The number of ketones is 1. The van der Waals surface area contributed by atoms with Crippen molar-refractivity contribution in [1.29, 1.82) is 0 Å². The molecule has 112 valence electrons. The molecule has 0 fully saturated rings. The Morgan fingerprint density at radius 2 is 1.65 bits per heavy atom. The molecule has 0 saturated carbocycles. The van der Waals surface area contributed by atoms with Crippen molar-refractivity contribution in [3.63, 3.8) is 0 Å². The van der Waals surface area contributed by atoms with Crippen LogP contribution in [-0.4, -0.2) is 11.5 Å². The summed E-state index contributed by atoms with van der Waals surface area (Å²) in [6.07, 6.45) is 0.368. The zero-order chi connectivity index (χ0) is 16.0. The Kier molecular flexibility index (Phi) is 3.12. The molecule has 0 spiro atoms. The Balaban J connectivity index is 1.97. The molecule has 0 saturated heterocycles. The van der Waals surface area contributed by atoms with Gasteiger partial charge in [-0.15, -0.1) is 0 Å². The van der Waals surface area contributed by atoms with E-state index in [0.29, 0.717) is 6.42 Å². The lowest BCUT2D eigenvalue weighted by atomic mass is 9.92. The zero-order valence-electron chi connectivity index (χ0n) is 13.3. The van der Waals surface area contributed by atoms with Crippen molar-refractivity contribution in [3.8, 4) is 0 Å². The first-order valence-corrected chi connectivity index (χ1v) is 7.83. The molecule has 2 heteroatoms. The molecule has 0 amide bonds. The highest BCUT2D eigenvalue weighted by molar-refractivity contribution is 6.23. The fourth-order valence-electron chi connectivity index (χ4n) is 3.18. The number of hydrogen-bond acceptors (Lipinski definition) is 2. The highest BCUT2D eigenvalue weighted by Gasteiger charge is 2.22. The van der Waals surface area contributed by atoms with Crippen molar-refractivity contribution in [3.05, 3.63) is 76.9 Å². The standard InChI is InChI=1S/C21H17NO/c1-13-6-8-15(9-7-13)19-12-20(23)18-11-10-16-14(2)4-3-5-17(16)21(18)22-19/h3-11H,12H2,1-2H3. The fraction of sp³-hybridized carbons (Fsp3) is 0.143. The quantitative estimate of drug-likeness (QED) is 0.610. The molecule has 3 aromatic rings. The minimum absolute atomic E-state index is 0.147. The van der Waals surface area contributed by atoms with Crippen LogP contribution >= 0.6 is 0 Å². The lowest BCUT2D eigenvalue weighted by molar-refractivity contribution is 0.1000. The van der Waals surface area contributed by atoms with Crippen molar-refractivity contribution >= 4 is 28.0 Å². The average Bonchev–Trinajstić information content (AvgIpc) is 2.55. The predicted molar refractivity (Wildman–Crippen MR) is 95.0 cm³/mol. The summed E-state index contributed by atoms with van der Waals surface area (Å²) >= 11 is 0. The average molecular weight is 299 g/mol. The number of aryl methyl sites for hydroxylation is 2. The second kappa shape index (κ2) is 5.17. The van der Waals surface area contributed by atoms with Gasteiger partial charge >= 0.3 is 0 Å². The van der Waals surface area contributed by atoms with E-state index < -0.39 is 0 Å². The lowest BCUT2D eigenvalue weighted by Crippen LogP contribution is -2.14. The second-order valence-electron chi connectivity index (χ2n) is 6.16. The van der Waals surface area contributed by atoms with Gasteiger partial charge in [0.1, 0.15) is 0 Å². The lowest BCUT2D eigenvalue weighted by Gasteiger charge is -2.17. The van der Waals surface area contributed by atoms with Gasteiger partial charge in [0.05, 0.1) is 17.8 Å². The number of nitrogens with zero attached hydrogens (tertiary/aromatic N) is 1. The number of benzene rings is 3. The van der Waals surface area contributed by atoms with Crippen LogP contribution in [0, 0.1) is 13.8 Å². The predicted octanol–water partition coefficient (Wildman–Crippen LogP) is 5.16. The molecule has 4 rings (SSSR count). The highest BCUT2D eigenvalue weighted by atomic mass is 16.1. The van der Waals surface area contributed by atoms with Gasteiger partial charge in [0.15, 0.2) is 5.78 Å². The maximum atomic E-state index is 12.6. The maximum Gasteiger partial charge on any atom is 0.171 e. The van der Waals surface area contributed by atoms with Crippen LogP contribution in [0.5, 0.6) is 0 Å². The van der Waals surface area contributed by atoms with Crippen LogP contribution < -0.4 is 0 Å². The molecule has 0 bridgehead atoms. The number of rotatable bonds is 1. The number of hydrogen-bond donors (Lipinski definition) is 0. The van der Waals surface area contributed by atoms with Gasteiger partial charge in [-0.1, -0.05) is 54.1 Å². The Morgan fingerprint density at radius 3 is 2.43 bits per heavy atom. The summed E-state index contributed by atoms with van der Waals surface area (Å²) in [4.78, 5) is 17.4. The van der Waals surface area contributed by atoms with Crippen LogP contribution in [0.15, 0.2) is 59.6 Å². The van der Waals surface area contributed by atoms with E-state index in [1.54, 1.807) is 0 Å². The molecule has 0 aliphatic carbocycles. The number of fused-ring (bicyclic) bond motifs is 3. The minimum atomic E-state index is 0.147. The molecule has 0 aromatic heterocycles. The van der Waals surface area contributed by atoms with E-state index in [4.69, 9.17) is 4.99 Å². The summed E-state index contributed by atoms with van der Waals surface area (Å²) in [7, 11) is 0. The summed E-state index contributed by atoms with van der Waals surface area (Å²) in [5.74, 6) is 0.147. The number of aliphatic imine (C=N–C) groups is 1. The molecule has 1 heterocycles. The van der Waals surface area contributed by atoms with Gasteiger partial charge in [-0.2, -0.15) is 0 Å². The van der Waals surface area contributed by atoms with E-state index >= 15 is 0 Å². The van der Waals surface area contributed by atoms with Crippen LogP contribution in [0.1, 0.15) is 33.5 Å². The van der Waals surface area contributed by atoms with E-state index in [1.165, 1.54) is 11.1 Å². The van der Waals surface area contributed by atoms with Crippen LogP contribution in [0.2, 0.25) is 0 Å². The third kappa shape index (κ3) is 2.27. The maximum absolute atomic E-state index is 12.6. The van der Waals surface area contributed by atoms with Crippen LogP contribution in [0.3, 0.4) is 0 Å². The first-order valence-electron chi connectivity index (χ1n) is 7.83. The molecule has 0 unspecified atom stereocenters. The second-order valence-corrected chi connectivity index (χ2v) is 6.16. The van der Waals surface area contributed by atoms with Crippen molar-refractivity contribution in [2.75, 3.05) is 0 Å². The molecule has 23 heavy (non-hydrogen) atoms. The number of carbonyl (C=O) groups is 1. The van der Waals surface area contributed by atoms with E-state index in [-0.39, 0.29) is 5.78 Å². The van der Waals surface area contributed by atoms with Crippen molar-refractivity contribution < 1.29 is 4.79 Å². The van der Waals surface area contributed by atoms with E-state index in [1.807, 2.05) is 30.3 Å². The highest BCUT2D eigenvalue weighted by Crippen LogP contribution is 2.36. The van der Waals surface area contributed by atoms with Gasteiger partial charge in [0, 0.05) is 10.9 Å². The third-order valence-corrected chi connectivity index (χ3v) is 4.51. The normalized spacial score (nSPS) is 13.8. The van der Waals surface area contributed by atoms with Gasteiger partial charge in [-0.05, 0) is 36.4 Å². The smallest absolute Gasteiger partial charge is 0.171 e. The Labute approximate surface area is 135 Å². The van der Waals surface area contributed by atoms with E-state index in [9.17, 15) is 4.79 Å². The first-order chi connectivity index (χ1) is 11.1. The Bertz CT molecular complexity index is 965. The van der Waals surface area contributed by atoms with Gasteiger partial charge in [-0.3, -0.25) is 9.79 Å². The zero-order valence-corrected chi connectivity index (χ0v) is 13.3. The van der Waals surface area contributed by atoms with E-state index in [2.05, 4.69) is 38.1 Å². The molecule has 2 nitrogen and oxygen atoms in total. The monoisotopic (exact) mass is 299 g/mol. The van der Waals surface area contributed by atoms with E-state index in [0.717, 1.165) is 33.3 Å². The fourth-order valence-corrected chi connectivity index (χ4v) is 3.18. The van der Waals surface area contributed by atoms with Crippen molar-refractivity contribution in [1.82, 2.24) is 0 Å². The molecule has 0 radical (unpaired) electrons. The summed E-state index contributed by atoms with van der Waals surface area (Å²) < 4.78 is 0.